The Morgan fingerprint density at radius 1 is 1.09 bits per heavy atom. The maximum atomic E-state index is 13.9. The fraction of sp³-hybridized carbons (Fsp3) is 0.368. The van der Waals surface area contributed by atoms with Crippen molar-refractivity contribution in [3.05, 3.63) is 65.2 Å². The second-order valence-corrected chi connectivity index (χ2v) is 5.65. The molecule has 0 aliphatic carbocycles. The van der Waals surface area contributed by atoms with Gasteiger partial charge in [-0.3, -0.25) is 0 Å². The number of unbranched alkanes of at least 4 members (excludes halogenated alkanes) is 1. The van der Waals surface area contributed by atoms with Gasteiger partial charge in [-0.25, -0.2) is 8.78 Å². The molecular formula is C19H23F2NO. The van der Waals surface area contributed by atoms with Crippen molar-refractivity contribution in [2.24, 2.45) is 5.73 Å². The molecule has 1 unspecified atom stereocenters. The van der Waals surface area contributed by atoms with Gasteiger partial charge in [-0.2, -0.15) is 0 Å². The smallest absolute Gasteiger partial charge is 0.129 e. The van der Waals surface area contributed by atoms with Crippen LogP contribution in [0.1, 0.15) is 36.8 Å². The third-order valence-electron chi connectivity index (χ3n) is 3.86. The fourth-order valence-electron chi connectivity index (χ4n) is 2.49. The lowest BCUT2D eigenvalue weighted by Crippen LogP contribution is -2.16. The maximum absolute atomic E-state index is 13.9. The monoisotopic (exact) mass is 319 g/mol. The van der Waals surface area contributed by atoms with Crippen molar-refractivity contribution >= 4 is 0 Å². The summed E-state index contributed by atoms with van der Waals surface area (Å²) in [6.07, 6.45) is 2.73. The number of ether oxygens (including phenoxy) is 1. The molecule has 0 heterocycles. The standard InChI is InChI=1S/C19H23F2NO/c1-2-3-10-23-17-7-4-14(5-8-17)11-15(13-22)18-9-6-16(20)12-19(18)21/h4-9,12,15H,2-3,10-11,13,22H2,1H3. The number of hydrogen-bond acceptors (Lipinski definition) is 2. The Labute approximate surface area is 136 Å². The van der Waals surface area contributed by atoms with Gasteiger partial charge in [0.05, 0.1) is 6.61 Å². The van der Waals surface area contributed by atoms with E-state index >= 15 is 0 Å². The SMILES string of the molecule is CCCCOc1ccc(CC(CN)c2ccc(F)cc2F)cc1. The molecule has 0 aliphatic rings. The Hall–Kier alpha value is -1.94. The zero-order chi connectivity index (χ0) is 16.7. The number of benzene rings is 2. The van der Waals surface area contributed by atoms with Crippen LogP contribution < -0.4 is 10.5 Å². The van der Waals surface area contributed by atoms with Crippen molar-refractivity contribution in [2.45, 2.75) is 32.1 Å². The second kappa shape index (κ2) is 8.63. The number of rotatable bonds is 8. The third kappa shape index (κ3) is 5.03. The highest BCUT2D eigenvalue weighted by molar-refractivity contribution is 5.30. The van der Waals surface area contributed by atoms with Gasteiger partial charge in [0.25, 0.3) is 0 Å². The van der Waals surface area contributed by atoms with E-state index in [1.165, 1.54) is 12.1 Å². The molecule has 2 rings (SSSR count). The molecule has 0 saturated carbocycles. The summed E-state index contributed by atoms with van der Waals surface area (Å²) in [6, 6.07) is 11.4. The quantitative estimate of drug-likeness (QED) is 0.731. The Kier molecular flexibility index (Phi) is 6.53. The molecule has 2 aromatic carbocycles. The van der Waals surface area contributed by atoms with Crippen molar-refractivity contribution < 1.29 is 13.5 Å². The van der Waals surface area contributed by atoms with Gasteiger partial charge in [-0.1, -0.05) is 31.5 Å². The van der Waals surface area contributed by atoms with Gasteiger partial charge in [-0.15, -0.1) is 0 Å². The molecule has 23 heavy (non-hydrogen) atoms. The minimum absolute atomic E-state index is 0.178. The van der Waals surface area contributed by atoms with E-state index in [0.29, 0.717) is 25.1 Å². The molecule has 0 spiro atoms. The minimum Gasteiger partial charge on any atom is -0.494 e. The van der Waals surface area contributed by atoms with Gasteiger partial charge >= 0.3 is 0 Å². The molecule has 0 saturated heterocycles. The van der Waals surface area contributed by atoms with Crippen LogP contribution in [0.5, 0.6) is 5.75 Å². The normalized spacial score (nSPS) is 12.2. The summed E-state index contributed by atoms with van der Waals surface area (Å²) in [5, 5.41) is 0. The van der Waals surface area contributed by atoms with Gasteiger partial charge in [0, 0.05) is 12.0 Å². The number of hydrogen-bond donors (Lipinski definition) is 1. The van der Waals surface area contributed by atoms with Gasteiger partial charge in [-0.05, 0) is 48.7 Å². The van der Waals surface area contributed by atoms with Crippen LogP contribution in [0.4, 0.5) is 8.78 Å². The van der Waals surface area contributed by atoms with Crippen LogP contribution in [0.15, 0.2) is 42.5 Å². The van der Waals surface area contributed by atoms with E-state index in [0.717, 1.165) is 30.2 Å². The molecule has 0 amide bonds. The van der Waals surface area contributed by atoms with Gasteiger partial charge in [0.15, 0.2) is 0 Å². The topological polar surface area (TPSA) is 35.2 Å². The first-order chi connectivity index (χ1) is 11.1. The molecular weight excluding hydrogens is 296 g/mol. The van der Waals surface area contributed by atoms with Crippen molar-refractivity contribution in [1.29, 1.82) is 0 Å². The molecule has 1 atom stereocenters. The fourth-order valence-corrected chi connectivity index (χ4v) is 2.49. The van der Waals surface area contributed by atoms with Gasteiger partial charge in [0.2, 0.25) is 0 Å². The lowest BCUT2D eigenvalue weighted by Gasteiger charge is -2.16. The second-order valence-electron chi connectivity index (χ2n) is 5.65. The predicted octanol–water partition coefficient (Wildman–Crippen LogP) is 4.43. The van der Waals surface area contributed by atoms with Gasteiger partial charge in [0.1, 0.15) is 17.4 Å². The minimum atomic E-state index is -0.574. The van der Waals surface area contributed by atoms with Crippen LogP contribution in [0.25, 0.3) is 0 Å². The van der Waals surface area contributed by atoms with E-state index in [2.05, 4.69) is 6.92 Å². The highest BCUT2D eigenvalue weighted by atomic mass is 19.1. The summed E-state index contributed by atoms with van der Waals surface area (Å²) < 4.78 is 32.6. The lowest BCUT2D eigenvalue weighted by atomic mass is 9.91. The van der Waals surface area contributed by atoms with Crippen LogP contribution in [0, 0.1) is 11.6 Å². The summed E-state index contributed by atoms with van der Waals surface area (Å²) in [4.78, 5) is 0. The Morgan fingerprint density at radius 2 is 1.83 bits per heavy atom. The van der Waals surface area contributed by atoms with E-state index in [4.69, 9.17) is 10.5 Å². The Balaban J connectivity index is 2.03. The molecule has 0 fully saturated rings. The molecule has 124 valence electrons. The van der Waals surface area contributed by atoms with E-state index in [1.807, 2.05) is 24.3 Å². The molecule has 0 aliphatic heterocycles. The zero-order valence-corrected chi connectivity index (χ0v) is 13.4. The molecule has 4 heteroatoms. The van der Waals surface area contributed by atoms with E-state index in [9.17, 15) is 8.78 Å². The number of nitrogens with two attached hydrogens (primary N) is 1. The van der Waals surface area contributed by atoms with Crippen LogP contribution in [-0.4, -0.2) is 13.2 Å². The van der Waals surface area contributed by atoms with Crippen molar-refractivity contribution in [1.82, 2.24) is 0 Å². The predicted molar refractivity (Wildman–Crippen MR) is 88.7 cm³/mol. The van der Waals surface area contributed by atoms with Gasteiger partial charge < -0.3 is 10.5 Å². The first-order valence-corrected chi connectivity index (χ1v) is 8.00. The van der Waals surface area contributed by atoms with E-state index in [-0.39, 0.29) is 5.92 Å². The largest absolute Gasteiger partial charge is 0.494 e. The molecule has 0 bridgehead atoms. The highest BCUT2D eigenvalue weighted by Crippen LogP contribution is 2.24. The van der Waals surface area contributed by atoms with Crippen LogP contribution in [0.3, 0.4) is 0 Å². The zero-order valence-electron chi connectivity index (χ0n) is 13.4. The summed E-state index contributed by atoms with van der Waals surface area (Å²) in [5.74, 6) is -0.461. The van der Waals surface area contributed by atoms with E-state index < -0.39 is 11.6 Å². The lowest BCUT2D eigenvalue weighted by molar-refractivity contribution is 0.309. The first kappa shape index (κ1) is 17.4. The van der Waals surface area contributed by atoms with E-state index in [1.54, 1.807) is 0 Å². The first-order valence-electron chi connectivity index (χ1n) is 8.00. The van der Waals surface area contributed by atoms with Crippen molar-refractivity contribution in [3.63, 3.8) is 0 Å². The molecule has 0 aromatic heterocycles. The van der Waals surface area contributed by atoms with Crippen LogP contribution >= 0.6 is 0 Å². The Morgan fingerprint density at radius 3 is 2.43 bits per heavy atom. The average molecular weight is 319 g/mol. The summed E-state index contributed by atoms with van der Waals surface area (Å²) in [5.41, 5.74) is 7.29. The summed E-state index contributed by atoms with van der Waals surface area (Å²) >= 11 is 0. The van der Waals surface area contributed by atoms with Crippen molar-refractivity contribution in [3.8, 4) is 5.75 Å². The Bertz CT molecular complexity index is 613. The van der Waals surface area contributed by atoms with Crippen molar-refractivity contribution in [2.75, 3.05) is 13.2 Å². The molecule has 2 aromatic rings. The highest BCUT2D eigenvalue weighted by Gasteiger charge is 2.15. The van der Waals surface area contributed by atoms with Crippen LogP contribution in [0.2, 0.25) is 0 Å². The molecule has 2 N–H and O–H groups in total. The summed E-state index contributed by atoms with van der Waals surface area (Å²) in [7, 11) is 0. The maximum Gasteiger partial charge on any atom is 0.129 e. The summed E-state index contributed by atoms with van der Waals surface area (Å²) in [6.45, 7) is 3.13. The third-order valence-corrected chi connectivity index (χ3v) is 3.86. The average Bonchev–Trinajstić information content (AvgIpc) is 2.55. The molecule has 2 nitrogen and oxygen atoms in total. The molecule has 0 radical (unpaired) electrons. The number of halogens is 2. The van der Waals surface area contributed by atoms with Crippen LogP contribution in [-0.2, 0) is 6.42 Å².